The Hall–Kier alpha value is -3.13. The van der Waals surface area contributed by atoms with E-state index in [0.29, 0.717) is 0 Å². The minimum Gasteiger partial charge on any atom is -0.508 e. The Kier molecular flexibility index (Phi) is 6.66. The predicted octanol–water partition coefficient (Wildman–Crippen LogP) is 3.10. The van der Waals surface area contributed by atoms with Crippen LogP contribution in [0.5, 0.6) is 11.5 Å². The maximum Gasteiger partial charge on any atom is 0.173 e. The highest BCUT2D eigenvalue weighted by atomic mass is 16.5. The van der Waals surface area contributed by atoms with Gasteiger partial charge < -0.3 is 14.7 Å². The summed E-state index contributed by atoms with van der Waals surface area (Å²) in [6, 6.07) is 15.5. The van der Waals surface area contributed by atoms with Crippen LogP contribution in [-0.2, 0) is 6.54 Å². The van der Waals surface area contributed by atoms with Crippen LogP contribution in [0.25, 0.3) is 0 Å². The highest BCUT2D eigenvalue weighted by Gasteiger charge is 2.31. The molecule has 1 aliphatic heterocycles. The number of aryl methyl sites for hydroxylation is 1. The molecule has 4 rings (SSSR count). The third-order valence-electron chi connectivity index (χ3n) is 5.82. The summed E-state index contributed by atoms with van der Waals surface area (Å²) in [5.41, 5.74) is 2.12. The summed E-state index contributed by atoms with van der Waals surface area (Å²) < 4.78 is 7.46. The Labute approximate surface area is 183 Å². The number of hydrogen-bond acceptors (Lipinski definition) is 7. The molecule has 1 unspecified atom stereocenters. The summed E-state index contributed by atoms with van der Waals surface area (Å²) in [5, 5.41) is 22.7. The topological polar surface area (TPSA) is 79.5 Å². The number of aromatic hydroxyl groups is 1. The molecule has 0 spiro atoms. The van der Waals surface area contributed by atoms with Crippen LogP contribution in [-0.4, -0.2) is 63.5 Å². The Balaban J connectivity index is 1.59. The quantitative estimate of drug-likeness (QED) is 0.597. The molecule has 1 atom stereocenters. The van der Waals surface area contributed by atoms with Crippen molar-refractivity contribution < 1.29 is 9.84 Å². The number of nitrogens with zero attached hydrogens (tertiary/aromatic N) is 6. The van der Waals surface area contributed by atoms with Crippen molar-refractivity contribution in [3.05, 3.63) is 59.9 Å². The molecular formula is C23H30N6O2. The molecule has 2 heterocycles. The van der Waals surface area contributed by atoms with Gasteiger partial charge in [-0.05, 0) is 46.7 Å². The van der Waals surface area contributed by atoms with Crippen molar-refractivity contribution in [3.63, 3.8) is 0 Å². The number of piperazine rings is 1. The third kappa shape index (κ3) is 4.64. The first-order valence-corrected chi connectivity index (χ1v) is 10.9. The van der Waals surface area contributed by atoms with Gasteiger partial charge in [0.25, 0.3) is 0 Å². The van der Waals surface area contributed by atoms with Crippen molar-refractivity contribution in [1.29, 1.82) is 0 Å². The lowest BCUT2D eigenvalue weighted by molar-refractivity contribution is 0.199. The lowest BCUT2D eigenvalue weighted by Crippen LogP contribution is -2.48. The number of aromatic nitrogens is 4. The molecule has 8 heteroatoms. The summed E-state index contributed by atoms with van der Waals surface area (Å²) in [7, 11) is 1.71. The van der Waals surface area contributed by atoms with Crippen LogP contribution in [0.15, 0.2) is 48.5 Å². The number of anilines is 1. The first-order chi connectivity index (χ1) is 15.2. The number of unbranched alkanes of at least 4 members (excludes halogenated alkanes) is 1. The van der Waals surface area contributed by atoms with E-state index in [1.807, 2.05) is 41.1 Å². The summed E-state index contributed by atoms with van der Waals surface area (Å²) in [6.07, 6.45) is 2.10. The van der Waals surface area contributed by atoms with Gasteiger partial charge >= 0.3 is 0 Å². The standard InChI is InChI=1S/C23H30N6O2/c1-3-4-12-29-23(24-25-26-29)22(18-8-7-9-19(30)17-18)28-15-13-27(14-16-28)20-10-5-6-11-21(20)31-2/h5-11,17,22,30H,3-4,12-16H2,1-2H3. The monoisotopic (exact) mass is 422 g/mol. The Morgan fingerprint density at radius 2 is 1.87 bits per heavy atom. The number of methoxy groups -OCH3 is 1. The molecule has 8 nitrogen and oxygen atoms in total. The van der Waals surface area contributed by atoms with Gasteiger partial charge in [0.1, 0.15) is 11.5 Å². The van der Waals surface area contributed by atoms with Crippen molar-refractivity contribution >= 4 is 5.69 Å². The SMILES string of the molecule is CCCCn1nnnc1C(c1cccc(O)c1)N1CCN(c2ccccc2OC)CC1. The van der Waals surface area contributed by atoms with Crippen LogP contribution < -0.4 is 9.64 Å². The largest absolute Gasteiger partial charge is 0.508 e. The zero-order valence-electron chi connectivity index (χ0n) is 18.2. The van der Waals surface area contributed by atoms with Crippen LogP contribution in [0.3, 0.4) is 0 Å². The van der Waals surface area contributed by atoms with Crippen molar-refractivity contribution in [2.24, 2.45) is 0 Å². The Morgan fingerprint density at radius 1 is 1.06 bits per heavy atom. The fourth-order valence-electron chi connectivity index (χ4n) is 4.20. The van der Waals surface area contributed by atoms with Crippen molar-refractivity contribution in [3.8, 4) is 11.5 Å². The summed E-state index contributed by atoms with van der Waals surface area (Å²) >= 11 is 0. The average Bonchev–Trinajstić information content (AvgIpc) is 3.26. The summed E-state index contributed by atoms with van der Waals surface area (Å²) in [5.74, 6) is 1.97. The average molecular weight is 423 g/mol. The van der Waals surface area contributed by atoms with Gasteiger partial charge in [0, 0.05) is 32.7 Å². The van der Waals surface area contributed by atoms with E-state index < -0.39 is 0 Å². The lowest BCUT2D eigenvalue weighted by atomic mass is 10.0. The zero-order valence-corrected chi connectivity index (χ0v) is 18.2. The number of phenols is 1. The first-order valence-electron chi connectivity index (χ1n) is 10.9. The van der Waals surface area contributed by atoms with E-state index in [0.717, 1.165) is 68.4 Å². The number of tetrazole rings is 1. The highest BCUT2D eigenvalue weighted by molar-refractivity contribution is 5.58. The molecule has 0 amide bonds. The molecule has 1 fully saturated rings. The molecule has 1 aliphatic rings. The van der Waals surface area contributed by atoms with Crippen LogP contribution in [0.1, 0.15) is 37.2 Å². The van der Waals surface area contributed by atoms with Crippen molar-refractivity contribution in [2.45, 2.75) is 32.4 Å². The summed E-state index contributed by atoms with van der Waals surface area (Å²) in [6.45, 7) is 6.37. The van der Waals surface area contributed by atoms with Crippen LogP contribution in [0.2, 0.25) is 0 Å². The normalized spacial score (nSPS) is 15.7. The molecule has 164 valence electrons. The smallest absolute Gasteiger partial charge is 0.173 e. The fraction of sp³-hybridized carbons (Fsp3) is 0.435. The molecule has 0 saturated carbocycles. The Bertz CT molecular complexity index is 983. The molecule has 0 bridgehead atoms. The fourth-order valence-corrected chi connectivity index (χ4v) is 4.20. The molecule has 0 aliphatic carbocycles. The van der Waals surface area contributed by atoms with Gasteiger partial charge in [-0.25, -0.2) is 4.68 Å². The third-order valence-corrected chi connectivity index (χ3v) is 5.82. The molecule has 1 saturated heterocycles. The van der Waals surface area contributed by atoms with E-state index in [4.69, 9.17) is 4.74 Å². The second kappa shape index (κ2) is 9.78. The number of benzene rings is 2. The van der Waals surface area contributed by atoms with Gasteiger partial charge in [0.2, 0.25) is 0 Å². The number of rotatable bonds is 8. The van der Waals surface area contributed by atoms with E-state index in [9.17, 15) is 5.11 Å². The van der Waals surface area contributed by atoms with E-state index >= 15 is 0 Å². The van der Waals surface area contributed by atoms with Gasteiger partial charge in [-0.3, -0.25) is 4.90 Å². The van der Waals surface area contributed by atoms with Gasteiger partial charge in [0.15, 0.2) is 5.82 Å². The highest BCUT2D eigenvalue weighted by Crippen LogP contribution is 2.33. The second-order valence-electron chi connectivity index (χ2n) is 7.81. The van der Waals surface area contributed by atoms with E-state index in [-0.39, 0.29) is 11.8 Å². The van der Waals surface area contributed by atoms with E-state index in [1.165, 1.54) is 0 Å². The number of hydrogen-bond donors (Lipinski definition) is 1. The molecule has 31 heavy (non-hydrogen) atoms. The first kappa shape index (κ1) is 21.1. The minimum absolute atomic E-state index is 0.112. The van der Waals surface area contributed by atoms with E-state index in [1.54, 1.807) is 13.2 Å². The lowest BCUT2D eigenvalue weighted by Gasteiger charge is -2.40. The molecule has 1 N–H and O–H groups in total. The summed E-state index contributed by atoms with van der Waals surface area (Å²) in [4.78, 5) is 4.75. The number of para-hydroxylation sites is 2. The number of ether oxygens (including phenoxy) is 1. The molecule has 2 aromatic carbocycles. The molecule has 0 radical (unpaired) electrons. The predicted molar refractivity (Wildman–Crippen MR) is 119 cm³/mol. The van der Waals surface area contributed by atoms with Crippen LogP contribution in [0, 0.1) is 0 Å². The van der Waals surface area contributed by atoms with Crippen molar-refractivity contribution in [1.82, 2.24) is 25.1 Å². The van der Waals surface area contributed by atoms with Gasteiger partial charge in [0.05, 0.1) is 18.8 Å². The van der Waals surface area contributed by atoms with Gasteiger partial charge in [-0.1, -0.05) is 37.6 Å². The molecule has 3 aromatic rings. The number of phenolic OH excluding ortho intramolecular Hbond substituents is 1. The zero-order chi connectivity index (χ0) is 21.6. The van der Waals surface area contributed by atoms with Gasteiger partial charge in [-0.2, -0.15) is 0 Å². The second-order valence-corrected chi connectivity index (χ2v) is 7.81. The van der Waals surface area contributed by atoms with Gasteiger partial charge in [-0.15, -0.1) is 5.10 Å². The van der Waals surface area contributed by atoms with Crippen LogP contribution in [0.4, 0.5) is 5.69 Å². The maximum absolute atomic E-state index is 10.1. The molecule has 1 aromatic heterocycles. The maximum atomic E-state index is 10.1. The van der Waals surface area contributed by atoms with E-state index in [2.05, 4.69) is 38.3 Å². The molecular weight excluding hydrogens is 392 g/mol. The van der Waals surface area contributed by atoms with Crippen molar-refractivity contribution in [2.75, 3.05) is 38.2 Å². The minimum atomic E-state index is -0.112. The van der Waals surface area contributed by atoms with Crippen LogP contribution >= 0.6 is 0 Å². The Morgan fingerprint density at radius 3 is 2.61 bits per heavy atom.